The molecule has 1 aliphatic carbocycles. The third-order valence-corrected chi connectivity index (χ3v) is 10.5. The summed E-state index contributed by atoms with van der Waals surface area (Å²) in [6.45, 7) is 4.68. The first-order valence-electron chi connectivity index (χ1n) is 14.8. The maximum atomic E-state index is 5.17. The van der Waals surface area contributed by atoms with Crippen LogP contribution in [-0.2, 0) is 5.41 Å². The molecule has 9 rings (SSSR count). The Morgan fingerprint density at radius 2 is 1.28 bits per heavy atom. The largest absolute Gasteiger partial charge is 0.292 e. The predicted molar refractivity (Wildman–Crippen MR) is 182 cm³/mol. The van der Waals surface area contributed by atoms with Gasteiger partial charge < -0.3 is 0 Å². The predicted octanol–water partition coefficient (Wildman–Crippen LogP) is 11.0. The number of hydrogen-bond acceptors (Lipinski definition) is 2. The van der Waals surface area contributed by atoms with E-state index in [9.17, 15) is 0 Å². The van der Waals surface area contributed by atoms with Crippen molar-refractivity contribution < 1.29 is 0 Å². The standard InChI is InChI=1S/C40H28N2S/c1-40(2)33-14-5-3-10-29(33)30-23-22-27(24-34(30)40)42-36-16-7-6-15-35(36)41-39(42)26-20-18-25(19-21-26)28-12-9-13-32-31-11-4-8-17-37(31)43-38(28)32/h3-24H,1-2H3. The topological polar surface area (TPSA) is 17.8 Å². The molecular weight excluding hydrogens is 541 g/mol. The van der Waals surface area contributed by atoms with Crippen molar-refractivity contribution >= 4 is 42.5 Å². The smallest absolute Gasteiger partial charge is 0.145 e. The van der Waals surface area contributed by atoms with Crippen LogP contribution in [0.1, 0.15) is 25.0 Å². The molecule has 6 aromatic carbocycles. The van der Waals surface area contributed by atoms with Gasteiger partial charge in [-0.05, 0) is 63.7 Å². The molecule has 0 spiro atoms. The van der Waals surface area contributed by atoms with E-state index < -0.39 is 0 Å². The molecule has 43 heavy (non-hydrogen) atoms. The quantitative estimate of drug-likeness (QED) is 0.207. The normalized spacial score (nSPS) is 13.5. The molecule has 8 aromatic rings. The monoisotopic (exact) mass is 568 g/mol. The fraction of sp³-hybridized carbons (Fsp3) is 0.0750. The summed E-state index contributed by atoms with van der Waals surface area (Å²) >= 11 is 1.87. The van der Waals surface area contributed by atoms with Crippen LogP contribution >= 0.6 is 11.3 Å². The number of fused-ring (bicyclic) bond motifs is 7. The molecule has 0 N–H and O–H groups in total. The van der Waals surface area contributed by atoms with Gasteiger partial charge in [0.05, 0.1) is 11.0 Å². The maximum absolute atomic E-state index is 5.17. The summed E-state index contributed by atoms with van der Waals surface area (Å²) in [6.07, 6.45) is 0. The Morgan fingerprint density at radius 3 is 2.19 bits per heavy atom. The van der Waals surface area contributed by atoms with Gasteiger partial charge in [0.25, 0.3) is 0 Å². The van der Waals surface area contributed by atoms with Crippen LogP contribution < -0.4 is 0 Å². The van der Waals surface area contributed by atoms with Crippen LogP contribution in [-0.4, -0.2) is 9.55 Å². The zero-order valence-electron chi connectivity index (χ0n) is 24.0. The minimum Gasteiger partial charge on any atom is -0.292 e. The molecular formula is C40H28N2S. The Bertz CT molecular complexity index is 2370. The first-order chi connectivity index (χ1) is 21.1. The third-order valence-electron chi connectivity index (χ3n) is 9.24. The van der Waals surface area contributed by atoms with E-state index in [1.165, 1.54) is 53.6 Å². The van der Waals surface area contributed by atoms with Gasteiger partial charge >= 0.3 is 0 Å². The number of hydrogen-bond donors (Lipinski definition) is 0. The lowest BCUT2D eigenvalue weighted by Gasteiger charge is -2.22. The average Bonchev–Trinajstić information content (AvgIpc) is 3.70. The van der Waals surface area contributed by atoms with Crippen molar-refractivity contribution in [2.24, 2.45) is 0 Å². The summed E-state index contributed by atoms with van der Waals surface area (Å²) in [4.78, 5) is 5.17. The lowest BCUT2D eigenvalue weighted by atomic mass is 9.82. The van der Waals surface area contributed by atoms with E-state index in [-0.39, 0.29) is 5.41 Å². The molecule has 0 unspecified atom stereocenters. The van der Waals surface area contributed by atoms with E-state index in [1.807, 2.05) is 11.3 Å². The van der Waals surface area contributed by atoms with E-state index in [1.54, 1.807) is 0 Å². The average molecular weight is 569 g/mol. The second-order valence-electron chi connectivity index (χ2n) is 12.0. The van der Waals surface area contributed by atoms with Gasteiger partial charge in [-0.2, -0.15) is 0 Å². The SMILES string of the molecule is CC1(C)c2ccccc2-c2ccc(-n3c(-c4ccc(-c5cccc6c5sc5ccccc56)cc4)nc4ccccc43)cc21. The number of benzene rings is 6. The van der Waals surface area contributed by atoms with Gasteiger partial charge in [0, 0.05) is 36.8 Å². The number of para-hydroxylation sites is 2. The number of nitrogens with zero attached hydrogens (tertiary/aromatic N) is 2. The van der Waals surface area contributed by atoms with E-state index in [0.717, 1.165) is 28.1 Å². The molecule has 0 radical (unpaired) electrons. The maximum Gasteiger partial charge on any atom is 0.145 e. The molecule has 2 nitrogen and oxygen atoms in total. The molecule has 0 amide bonds. The third kappa shape index (κ3) is 3.55. The van der Waals surface area contributed by atoms with Gasteiger partial charge in [-0.25, -0.2) is 4.98 Å². The highest BCUT2D eigenvalue weighted by molar-refractivity contribution is 7.26. The van der Waals surface area contributed by atoms with Gasteiger partial charge in [0.2, 0.25) is 0 Å². The first kappa shape index (κ1) is 24.6. The molecule has 2 heterocycles. The van der Waals surface area contributed by atoms with Crippen molar-refractivity contribution in [3.05, 3.63) is 145 Å². The highest BCUT2D eigenvalue weighted by atomic mass is 32.1. The minimum atomic E-state index is -0.0618. The number of aromatic nitrogens is 2. The Kier molecular flexibility index (Phi) is 5.15. The van der Waals surface area contributed by atoms with Gasteiger partial charge in [0.1, 0.15) is 5.82 Å². The van der Waals surface area contributed by atoms with Crippen LogP contribution in [0, 0.1) is 0 Å². The second-order valence-corrected chi connectivity index (χ2v) is 13.1. The minimum absolute atomic E-state index is 0.0618. The summed E-state index contributed by atoms with van der Waals surface area (Å²) in [6, 6.07) is 48.5. The molecule has 0 saturated carbocycles. The van der Waals surface area contributed by atoms with Crippen LogP contribution in [0.25, 0.3) is 70.5 Å². The molecule has 2 aromatic heterocycles. The Morgan fingerprint density at radius 1 is 0.581 bits per heavy atom. The molecule has 204 valence electrons. The summed E-state index contributed by atoms with van der Waals surface area (Å²) < 4.78 is 5.00. The highest BCUT2D eigenvalue weighted by Crippen LogP contribution is 2.49. The van der Waals surface area contributed by atoms with Crippen molar-refractivity contribution in [1.82, 2.24) is 9.55 Å². The van der Waals surface area contributed by atoms with E-state index >= 15 is 0 Å². The highest BCUT2D eigenvalue weighted by Gasteiger charge is 2.35. The Labute approximate surface area is 254 Å². The summed E-state index contributed by atoms with van der Waals surface area (Å²) in [7, 11) is 0. The zero-order valence-corrected chi connectivity index (χ0v) is 24.8. The number of rotatable bonds is 3. The fourth-order valence-electron chi connectivity index (χ4n) is 7.09. The van der Waals surface area contributed by atoms with Crippen molar-refractivity contribution in [1.29, 1.82) is 0 Å². The summed E-state index contributed by atoms with van der Waals surface area (Å²) in [5.41, 5.74) is 12.2. The van der Waals surface area contributed by atoms with Gasteiger partial charge in [0.15, 0.2) is 0 Å². The van der Waals surface area contributed by atoms with Crippen molar-refractivity contribution in [3.8, 4) is 39.3 Å². The molecule has 0 saturated heterocycles. The van der Waals surface area contributed by atoms with E-state index in [0.29, 0.717) is 0 Å². The lowest BCUT2D eigenvalue weighted by Crippen LogP contribution is -2.15. The molecule has 0 aliphatic heterocycles. The van der Waals surface area contributed by atoms with Crippen molar-refractivity contribution in [2.75, 3.05) is 0 Å². The van der Waals surface area contributed by atoms with Crippen LogP contribution in [0.4, 0.5) is 0 Å². The first-order valence-corrected chi connectivity index (χ1v) is 15.6. The fourth-order valence-corrected chi connectivity index (χ4v) is 8.32. The molecule has 0 fully saturated rings. The lowest BCUT2D eigenvalue weighted by molar-refractivity contribution is 0.660. The van der Waals surface area contributed by atoms with Crippen LogP contribution in [0.15, 0.2) is 133 Å². The molecule has 1 aliphatic rings. The second kappa shape index (κ2) is 9.00. The van der Waals surface area contributed by atoms with Crippen LogP contribution in [0.5, 0.6) is 0 Å². The summed E-state index contributed by atoms with van der Waals surface area (Å²) in [5.74, 6) is 0.959. The van der Waals surface area contributed by atoms with Gasteiger partial charge in [-0.15, -0.1) is 11.3 Å². The Hall–Kier alpha value is -4.99. The van der Waals surface area contributed by atoms with Crippen molar-refractivity contribution in [2.45, 2.75) is 19.3 Å². The van der Waals surface area contributed by atoms with E-state index in [2.05, 4.69) is 152 Å². The van der Waals surface area contributed by atoms with Gasteiger partial charge in [-0.3, -0.25) is 4.57 Å². The zero-order chi connectivity index (χ0) is 28.7. The van der Waals surface area contributed by atoms with Crippen molar-refractivity contribution in [3.63, 3.8) is 0 Å². The molecule has 3 heteroatoms. The Balaban J connectivity index is 1.19. The van der Waals surface area contributed by atoms with Gasteiger partial charge in [-0.1, -0.05) is 117 Å². The van der Waals surface area contributed by atoms with Crippen LogP contribution in [0.3, 0.4) is 0 Å². The number of imidazole rings is 1. The molecule has 0 bridgehead atoms. The van der Waals surface area contributed by atoms with E-state index in [4.69, 9.17) is 4.98 Å². The summed E-state index contributed by atoms with van der Waals surface area (Å²) in [5, 5.41) is 2.65. The number of thiophene rings is 1. The van der Waals surface area contributed by atoms with Crippen LogP contribution in [0.2, 0.25) is 0 Å². The molecule has 0 atom stereocenters.